The Labute approximate surface area is 186 Å². The highest BCUT2D eigenvalue weighted by molar-refractivity contribution is 7.13. The van der Waals surface area contributed by atoms with Gasteiger partial charge in [0.25, 0.3) is 0 Å². The Morgan fingerprint density at radius 3 is 2.97 bits per heavy atom. The number of fused-ring (bicyclic) bond motifs is 1. The maximum absolute atomic E-state index is 13.2. The molecule has 7 nitrogen and oxygen atoms in total. The average molecular weight is 435 g/mol. The maximum atomic E-state index is 13.2. The lowest BCUT2D eigenvalue weighted by molar-refractivity contribution is -0.132. The van der Waals surface area contributed by atoms with Gasteiger partial charge in [0.1, 0.15) is 11.3 Å². The number of carbonyl (C=O) groups is 1. The normalized spacial score (nSPS) is 18.1. The Bertz CT molecular complexity index is 1040. The molecule has 1 amide bonds. The van der Waals surface area contributed by atoms with Gasteiger partial charge in [-0.1, -0.05) is 35.6 Å². The summed E-state index contributed by atoms with van der Waals surface area (Å²) in [4.78, 5) is 22.3. The molecule has 1 saturated heterocycles. The fraction of sp³-hybridized carbons (Fsp3) is 0.391. The lowest BCUT2D eigenvalue weighted by atomic mass is 10.0. The van der Waals surface area contributed by atoms with E-state index < -0.39 is 0 Å². The summed E-state index contributed by atoms with van der Waals surface area (Å²) in [6.45, 7) is 2.59. The van der Waals surface area contributed by atoms with E-state index in [0.29, 0.717) is 11.6 Å². The largest absolute Gasteiger partial charge is 0.371 e. The molecule has 1 unspecified atom stereocenters. The lowest BCUT2D eigenvalue weighted by Crippen LogP contribution is -2.36. The zero-order valence-electron chi connectivity index (χ0n) is 17.4. The maximum Gasteiger partial charge on any atom is 0.224 e. The van der Waals surface area contributed by atoms with E-state index in [1.54, 1.807) is 5.51 Å². The number of anilines is 3. The molecule has 1 aromatic carbocycles. The Hall–Kier alpha value is -3.00. The molecule has 0 saturated carbocycles. The summed E-state index contributed by atoms with van der Waals surface area (Å²) in [6, 6.07) is 14.5. The first-order chi connectivity index (χ1) is 15.3. The zero-order valence-corrected chi connectivity index (χ0v) is 18.2. The van der Waals surface area contributed by atoms with Crippen LogP contribution in [0, 0.1) is 0 Å². The molecule has 5 rings (SSSR count). The van der Waals surface area contributed by atoms with Gasteiger partial charge in [0.15, 0.2) is 0 Å². The number of rotatable bonds is 6. The number of carbonyl (C=O) groups excluding carboxylic acids is 1. The number of amides is 1. The number of likely N-dealkylation sites (tertiary alicyclic amines) is 1. The van der Waals surface area contributed by atoms with Crippen molar-refractivity contribution in [2.24, 2.45) is 0 Å². The minimum atomic E-state index is 0.0392. The molecule has 0 aliphatic carbocycles. The minimum Gasteiger partial charge on any atom is -0.371 e. The van der Waals surface area contributed by atoms with E-state index in [1.807, 2.05) is 23.1 Å². The number of hydrogen-bond donors (Lipinski definition) is 1. The molecule has 1 N–H and O–H groups in total. The fourth-order valence-corrected chi connectivity index (χ4v) is 5.09. The highest BCUT2D eigenvalue weighted by Crippen LogP contribution is 2.33. The summed E-state index contributed by atoms with van der Waals surface area (Å²) in [7, 11) is 0. The van der Waals surface area contributed by atoms with Crippen molar-refractivity contribution in [2.45, 2.75) is 38.1 Å². The van der Waals surface area contributed by atoms with Crippen LogP contribution in [0.3, 0.4) is 0 Å². The predicted octanol–water partition coefficient (Wildman–Crippen LogP) is 4.18. The summed E-state index contributed by atoms with van der Waals surface area (Å²) in [5, 5.41) is 11.8. The summed E-state index contributed by atoms with van der Waals surface area (Å²) in [6.07, 6.45) is 4.78. The van der Waals surface area contributed by atoms with Crippen LogP contribution < -0.4 is 10.2 Å². The van der Waals surface area contributed by atoms with Gasteiger partial charge in [0.05, 0.1) is 11.7 Å². The quantitative estimate of drug-likeness (QED) is 0.627. The summed E-state index contributed by atoms with van der Waals surface area (Å²) in [5.41, 5.74) is 5.30. The molecule has 1 atom stereocenters. The van der Waals surface area contributed by atoms with Crippen LogP contribution in [0.1, 0.15) is 43.0 Å². The molecular weight excluding hydrogens is 408 g/mol. The first kappa shape index (κ1) is 19.9. The molecule has 4 heterocycles. The third kappa shape index (κ3) is 4.39. The van der Waals surface area contributed by atoms with Crippen LogP contribution in [0.15, 0.2) is 48.0 Å². The third-order valence-electron chi connectivity index (χ3n) is 6.08. The number of pyridine rings is 1. The minimum absolute atomic E-state index is 0.0392. The summed E-state index contributed by atoms with van der Waals surface area (Å²) < 4.78 is 0. The topological polar surface area (TPSA) is 74.2 Å². The van der Waals surface area contributed by atoms with Crippen LogP contribution in [0.5, 0.6) is 0 Å². The molecule has 3 aromatic rings. The van der Waals surface area contributed by atoms with Crippen LogP contribution in [0.2, 0.25) is 0 Å². The number of nitrogens with one attached hydrogen (secondary N) is 1. The molecule has 2 aromatic heterocycles. The van der Waals surface area contributed by atoms with Crippen molar-refractivity contribution in [1.82, 2.24) is 20.1 Å². The second-order valence-corrected chi connectivity index (χ2v) is 8.86. The summed E-state index contributed by atoms with van der Waals surface area (Å²) in [5.74, 6) is 0.952. The van der Waals surface area contributed by atoms with Gasteiger partial charge in [0.2, 0.25) is 11.0 Å². The molecule has 0 radical (unpaired) electrons. The molecule has 31 heavy (non-hydrogen) atoms. The highest BCUT2D eigenvalue weighted by Gasteiger charge is 2.31. The van der Waals surface area contributed by atoms with Crippen LogP contribution in [0.25, 0.3) is 0 Å². The van der Waals surface area contributed by atoms with Crippen molar-refractivity contribution >= 4 is 33.9 Å². The van der Waals surface area contributed by atoms with Gasteiger partial charge in [-0.3, -0.25) is 4.79 Å². The molecule has 1 fully saturated rings. The second-order valence-electron chi connectivity index (χ2n) is 8.03. The Morgan fingerprint density at radius 2 is 2.06 bits per heavy atom. The van der Waals surface area contributed by atoms with Crippen LogP contribution in [-0.2, 0) is 11.2 Å². The molecule has 2 aliphatic rings. The van der Waals surface area contributed by atoms with Crippen molar-refractivity contribution in [1.29, 1.82) is 0 Å². The van der Waals surface area contributed by atoms with Crippen LogP contribution in [-0.4, -0.2) is 45.6 Å². The number of para-hydroxylation sites is 1. The number of hydrogen-bond acceptors (Lipinski definition) is 7. The van der Waals surface area contributed by atoms with E-state index in [4.69, 9.17) is 4.98 Å². The van der Waals surface area contributed by atoms with E-state index in [0.717, 1.165) is 56.8 Å². The summed E-state index contributed by atoms with van der Waals surface area (Å²) >= 11 is 1.43. The average Bonchev–Trinajstić information content (AvgIpc) is 3.50. The van der Waals surface area contributed by atoms with E-state index in [-0.39, 0.29) is 11.9 Å². The highest BCUT2D eigenvalue weighted by atomic mass is 32.1. The van der Waals surface area contributed by atoms with Crippen molar-refractivity contribution in [3.8, 4) is 0 Å². The molecule has 8 heteroatoms. The lowest BCUT2D eigenvalue weighted by Gasteiger charge is -2.32. The van der Waals surface area contributed by atoms with Gasteiger partial charge in [-0.15, -0.1) is 10.2 Å². The van der Waals surface area contributed by atoms with Gasteiger partial charge >= 0.3 is 0 Å². The zero-order chi connectivity index (χ0) is 21.0. The van der Waals surface area contributed by atoms with Crippen molar-refractivity contribution < 1.29 is 4.79 Å². The van der Waals surface area contributed by atoms with Gasteiger partial charge < -0.3 is 15.1 Å². The Kier molecular flexibility index (Phi) is 5.80. The molecular formula is C23H26N6OS. The number of aromatic nitrogens is 3. The van der Waals surface area contributed by atoms with Crippen molar-refractivity contribution in [3.63, 3.8) is 0 Å². The van der Waals surface area contributed by atoms with E-state index >= 15 is 0 Å². The van der Waals surface area contributed by atoms with Gasteiger partial charge in [0, 0.05) is 31.7 Å². The molecule has 160 valence electrons. The second kappa shape index (κ2) is 9.01. The van der Waals surface area contributed by atoms with E-state index in [1.165, 1.54) is 22.6 Å². The first-order valence-corrected chi connectivity index (χ1v) is 11.8. The molecule has 0 spiro atoms. The third-order valence-corrected chi connectivity index (χ3v) is 6.69. The monoisotopic (exact) mass is 434 g/mol. The number of aryl methyl sites for hydroxylation is 1. The number of benzene rings is 1. The fourth-order valence-electron chi connectivity index (χ4n) is 4.63. The van der Waals surface area contributed by atoms with Gasteiger partial charge in [-0.05, 0) is 49.4 Å². The van der Waals surface area contributed by atoms with Gasteiger partial charge in [-0.25, -0.2) is 4.98 Å². The van der Waals surface area contributed by atoms with E-state index in [9.17, 15) is 4.79 Å². The first-order valence-electron chi connectivity index (χ1n) is 10.9. The smallest absolute Gasteiger partial charge is 0.224 e. The van der Waals surface area contributed by atoms with E-state index in [2.05, 4.69) is 44.7 Å². The van der Waals surface area contributed by atoms with Crippen molar-refractivity contribution in [3.05, 3.63) is 59.2 Å². The van der Waals surface area contributed by atoms with Crippen molar-refractivity contribution in [2.75, 3.05) is 29.9 Å². The molecule has 0 bridgehead atoms. The van der Waals surface area contributed by atoms with Crippen LogP contribution in [0.4, 0.5) is 16.6 Å². The standard InChI is InChI=1S/C23H26N6OS/c30-22(12-15-28-13-4-7-17-6-1-2-9-19(17)28)29-14-5-10-20(29)18-8-3-11-21(25-18)26-23-27-24-16-31-23/h1-3,6,8-9,11,16,20H,4-5,7,10,12-15H2,(H,25,26,27). The Morgan fingerprint density at radius 1 is 1.13 bits per heavy atom. The van der Waals surface area contributed by atoms with Gasteiger partial charge in [-0.2, -0.15) is 0 Å². The molecule has 2 aliphatic heterocycles. The van der Waals surface area contributed by atoms with Crippen LogP contribution >= 0.6 is 11.3 Å². The SMILES string of the molecule is O=C(CCN1CCCc2ccccc21)N1CCCC1c1cccc(Nc2nncs2)n1. The Balaban J connectivity index is 1.25. The predicted molar refractivity (Wildman–Crippen MR) is 123 cm³/mol. The number of nitrogens with zero attached hydrogens (tertiary/aromatic N) is 5.